The summed E-state index contributed by atoms with van der Waals surface area (Å²) in [5.74, 6) is 0.794. The fraction of sp³-hybridized carbons (Fsp3) is 0.167. The van der Waals surface area contributed by atoms with Crippen LogP contribution in [0.25, 0.3) is 0 Å². The molecule has 3 aromatic rings. The van der Waals surface area contributed by atoms with E-state index in [1.807, 2.05) is 35.0 Å². The quantitative estimate of drug-likeness (QED) is 0.618. The standard InChI is InChI=1S/C18H17IN2O2/c19-16-5-1-14(2-6-16)12-23-17-7-3-15(4-8-17)18(22)11-21-10-9-20-13-21/h1-10,13,18,22H,11-12H2. The molecule has 0 aliphatic carbocycles. The zero-order valence-electron chi connectivity index (χ0n) is 12.5. The Hall–Kier alpha value is -1.86. The third-order valence-corrected chi connectivity index (χ3v) is 4.25. The van der Waals surface area contributed by atoms with Gasteiger partial charge in [-0.3, -0.25) is 0 Å². The van der Waals surface area contributed by atoms with Gasteiger partial charge in [-0.15, -0.1) is 0 Å². The van der Waals surface area contributed by atoms with Crippen LogP contribution in [0.4, 0.5) is 0 Å². The van der Waals surface area contributed by atoms with Crippen molar-refractivity contribution in [2.45, 2.75) is 19.3 Å². The average molecular weight is 420 g/mol. The van der Waals surface area contributed by atoms with E-state index in [9.17, 15) is 5.11 Å². The molecule has 2 aromatic carbocycles. The van der Waals surface area contributed by atoms with Gasteiger partial charge in [-0.05, 0) is 58.0 Å². The number of hydrogen-bond donors (Lipinski definition) is 1. The molecule has 0 aliphatic rings. The van der Waals surface area contributed by atoms with Gasteiger partial charge in [-0.25, -0.2) is 4.98 Å². The smallest absolute Gasteiger partial charge is 0.119 e. The normalized spacial score (nSPS) is 12.1. The number of hydrogen-bond acceptors (Lipinski definition) is 3. The van der Waals surface area contributed by atoms with Crippen LogP contribution in [0.15, 0.2) is 67.3 Å². The highest BCUT2D eigenvalue weighted by Crippen LogP contribution is 2.20. The van der Waals surface area contributed by atoms with Crippen LogP contribution in [-0.2, 0) is 13.2 Å². The zero-order valence-corrected chi connectivity index (χ0v) is 14.6. The van der Waals surface area contributed by atoms with E-state index in [1.165, 1.54) is 3.57 Å². The van der Waals surface area contributed by atoms with Crippen LogP contribution >= 0.6 is 22.6 Å². The third kappa shape index (κ3) is 4.56. The van der Waals surface area contributed by atoms with Crippen LogP contribution < -0.4 is 4.74 Å². The second kappa shape index (κ2) is 7.61. The lowest BCUT2D eigenvalue weighted by Gasteiger charge is -2.13. The summed E-state index contributed by atoms with van der Waals surface area (Å²) in [6.45, 7) is 1.02. The van der Waals surface area contributed by atoms with E-state index in [0.29, 0.717) is 13.2 Å². The Morgan fingerprint density at radius 1 is 1.09 bits per heavy atom. The lowest BCUT2D eigenvalue weighted by Crippen LogP contribution is -2.07. The fourth-order valence-electron chi connectivity index (χ4n) is 2.23. The molecule has 0 radical (unpaired) electrons. The van der Waals surface area contributed by atoms with Crippen LogP contribution in [0.5, 0.6) is 5.75 Å². The van der Waals surface area contributed by atoms with Crippen molar-refractivity contribution in [3.8, 4) is 5.75 Å². The molecular weight excluding hydrogens is 403 g/mol. The fourth-order valence-corrected chi connectivity index (χ4v) is 2.59. The first-order chi connectivity index (χ1) is 11.2. The summed E-state index contributed by atoms with van der Waals surface area (Å²) in [5, 5.41) is 10.2. The van der Waals surface area contributed by atoms with E-state index < -0.39 is 6.10 Å². The van der Waals surface area contributed by atoms with E-state index in [4.69, 9.17) is 4.74 Å². The molecule has 1 unspecified atom stereocenters. The van der Waals surface area contributed by atoms with Crippen LogP contribution in [0, 0.1) is 3.57 Å². The Kier molecular flexibility index (Phi) is 5.30. The zero-order chi connectivity index (χ0) is 16.1. The van der Waals surface area contributed by atoms with Gasteiger partial charge in [-0.1, -0.05) is 24.3 Å². The van der Waals surface area contributed by atoms with E-state index in [2.05, 4.69) is 51.8 Å². The molecule has 5 heteroatoms. The number of rotatable bonds is 6. The second-order valence-corrected chi connectivity index (χ2v) is 6.51. The number of ether oxygens (including phenoxy) is 1. The van der Waals surface area contributed by atoms with Gasteiger partial charge >= 0.3 is 0 Å². The summed E-state index contributed by atoms with van der Waals surface area (Å²) >= 11 is 2.28. The predicted octanol–water partition coefficient (Wildman–Crippen LogP) is 3.80. The molecular formula is C18H17IN2O2. The van der Waals surface area contributed by atoms with E-state index in [1.54, 1.807) is 12.5 Å². The SMILES string of the molecule is OC(Cn1ccnc1)c1ccc(OCc2ccc(I)cc2)cc1. The summed E-state index contributed by atoms with van der Waals surface area (Å²) in [6.07, 6.45) is 4.67. The van der Waals surface area contributed by atoms with Crippen molar-refractivity contribution in [3.05, 3.63) is 81.9 Å². The number of halogens is 1. The predicted molar refractivity (Wildman–Crippen MR) is 97.1 cm³/mol. The van der Waals surface area contributed by atoms with Crippen molar-refractivity contribution in [2.75, 3.05) is 0 Å². The molecule has 0 amide bonds. The van der Waals surface area contributed by atoms with Crippen molar-refractivity contribution in [1.82, 2.24) is 9.55 Å². The highest BCUT2D eigenvalue weighted by molar-refractivity contribution is 14.1. The summed E-state index contributed by atoms with van der Waals surface area (Å²) in [5.41, 5.74) is 2.00. The molecule has 1 atom stereocenters. The molecule has 0 spiro atoms. The monoisotopic (exact) mass is 420 g/mol. The van der Waals surface area contributed by atoms with Crippen molar-refractivity contribution in [1.29, 1.82) is 0 Å². The maximum absolute atomic E-state index is 10.2. The highest BCUT2D eigenvalue weighted by Gasteiger charge is 2.08. The van der Waals surface area contributed by atoms with Gasteiger partial charge in [0.2, 0.25) is 0 Å². The molecule has 118 valence electrons. The summed E-state index contributed by atoms with van der Waals surface area (Å²) in [7, 11) is 0. The molecule has 0 bridgehead atoms. The van der Waals surface area contributed by atoms with Gasteiger partial charge in [0, 0.05) is 16.0 Å². The Balaban J connectivity index is 1.57. The maximum atomic E-state index is 10.2. The van der Waals surface area contributed by atoms with Gasteiger partial charge in [0.1, 0.15) is 12.4 Å². The largest absolute Gasteiger partial charge is 0.489 e. The average Bonchev–Trinajstić information content (AvgIpc) is 3.08. The Morgan fingerprint density at radius 2 is 1.83 bits per heavy atom. The van der Waals surface area contributed by atoms with Crippen molar-refractivity contribution in [2.24, 2.45) is 0 Å². The lowest BCUT2D eigenvalue weighted by molar-refractivity contribution is 0.156. The van der Waals surface area contributed by atoms with Crippen molar-refractivity contribution < 1.29 is 9.84 Å². The first-order valence-corrected chi connectivity index (χ1v) is 8.39. The van der Waals surface area contributed by atoms with Gasteiger partial charge in [0.05, 0.1) is 19.0 Å². The minimum Gasteiger partial charge on any atom is -0.489 e. The first-order valence-electron chi connectivity index (χ1n) is 7.32. The molecule has 0 saturated heterocycles. The van der Waals surface area contributed by atoms with E-state index in [0.717, 1.165) is 16.9 Å². The van der Waals surface area contributed by atoms with Crippen molar-refractivity contribution in [3.63, 3.8) is 0 Å². The Morgan fingerprint density at radius 3 is 2.48 bits per heavy atom. The molecule has 23 heavy (non-hydrogen) atoms. The molecule has 0 fully saturated rings. The number of imidazole rings is 1. The molecule has 1 N–H and O–H groups in total. The molecule has 4 nitrogen and oxygen atoms in total. The number of aliphatic hydroxyl groups is 1. The van der Waals surface area contributed by atoms with Gasteiger partial charge in [0.25, 0.3) is 0 Å². The summed E-state index contributed by atoms with van der Waals surface area (Å²) in [4.78, 5) is 3.97. The first kappa shape index (κ1) is 16.0. The number of aromatic nitrogens is 2. The molecule has 1 heterocycles. The summed E-state index contributed by atoms with van der Waals surface area (Å²) in [6, 6.07) is 15.8. The second-order valence-electron chi connectivity index (χ2n) is 5.26. The lowest BCUT2D eigenvalue weighted by atomic mass is 10.1. The third-order valence-electron chi connectivity index (χ3n) is 3.53. The highest BCUT2D eigenvalue weighted by atomic mass is 127. The van der Waals surface area contributed by atoms with Crippen LogP contribution in [0.2, 0.25) is 0 Å². The van der Waals surface area contributed by atoms with E-state index in [-0.39, 0.29) is 0 Å². The minimum atomic E-state index is -0.561. The number of nitrogens with zero attached hydrogens (tertiary/aromatic N) is 2. The number of benzene rings is 2. The minimum absolute atomic E-state index is 0.489. The number of aliphatic hydroxyl groups excluding tert-OH is 1. The van der Waals surface area contributed by atoms with Crippen LogP contribution in [-0.4, -0.2) is 14.7 Å². The summed E-state index contributed by atoms with van der Waals surface area (Å²) < 4.78 is 8.84. The van der Waals surface area contributed by atoms with Gasteiger partial charge in [0.15, 0.2) is 0 Å². The molecule has 3 rings (SSSR count). The molecule has 0 aliphatic heterocycles. The van der Waals surface area contributed by atoms with Crippen LogP contribution in [0.3, 0.4) is 0 Å². The van der Waals surface area contributed by atoms with E-state index >= 15 is 0 Å². The molecule has 0 saturated carbocycles. The van der Waals surface area contributed by atoms with Gasteiger partial charge in [-0.2, -0.15) is 0 Å². The Labute approximate surface area is 148 Å². The molecule has 1 aromatic heterocycles. The van der Waals surface area contributed by atoms with Gasteiger partial charge < -0.3 is 14.4 Å². The van der Waals surface area contributed by atoms with Crippen LogP contribution in [0.1, 0.15) is 17.2 Å². The topological polar surface area (TPSA) is 47.3 Å². The maximum Gasteiger partial charge on any atom is 0.119 e. The Bertz CT molecular complexity index is 725. The van der Waals surface area contributed by atoms with Crippen molar-refractivity contribution >= 4 is 22.6 Å².